The number of amides is 3. The molecule has 0 spiro atoms. The topological polar surface area (TPSA) is 148 Å². The van der Waals surface area contributed by atoms with Gasteiger partial charge in [0, 0.05) is 25.7 Å². The molecule has 0 bridgehead atoms. The van der Waals surface area contributed by atoms with Crippen LogP contribution in [0.1, 0.15) is 25.7 Å². The minimum atomic E-state index is -4.67. The van der Waals surface area contributed by atoms with Crippen LogP contribution in [0.15, 0.2) is 17.0 Å². The molecule has 2 aliphatic rings. The number of ether oxygens (including phenoxy) is 2. The van der Waals surface area contributed by atoms with E-state index in [1.165, 1.54) is 4.90 Å². The second-order valence-electron chi connectivity index (χ2n) is 7.75. The van der Waals surface area contributed by atoms with Crippen molar-refractivity contribution in [3.05, 3.63) is 17.9 Å². The van der Waals surface area contributed by atoms with E-state index < -0.39 is 44.5 Å². The van der Waals surface area contributed by atoms with Crippen LogP contribution in [0.4, 0.5) is 10.1 Å². The van der Waals surface area contributed by atoms with Crippen LogP contribution in [0.5, 0.6) is 5.75 Å². The molecule has 0 aliphatic carbocycles. The number of likely N-dealkylation sites (tertiary alicyclic amines) is 1. The van der Waals surface area contributed by atoms with Gasteiger partial charge in [0.05, 0.1) is 19.4 Å². The number of anilines is 1. The number of morpholine rings is 1. The Morgan fingerprint density at radius 3 is 2.42 bits per heavy atom. The lowest BCUT2D eigenvalue weighted by molar-refractivity contribution is -0.137. The number of hydrogen-bond acceptors (Lipinski definition) is 7. The number of carbonyl (C=O) groups is 3. The summed E-state index contributed by atoms with van der Waals surface area (Å²) in [7, 11) is -3.51. The fourth-order valence-electron chi connectivity index (χ4n) is 3.86. The molecule has 2 heterocycles. The van der Waals surface area contributed by atoms with E-state index in [2.05, 4.69) is 0 Å². The van der Waals surface area contributed by atoms with Gasteiger partial charge in [-0.15, -0.1) is 0 Å². The maximum absolute atomic E-state index is 14.5. The Hall–Kier alpha value is -2.77. The smallest absolute Gasteiger partial charge is 0.253 e. The molecule has 182 valence electrons. The van der Waals surface area contributed by atoms with Gasteiger partial charge in [-0.05, 0) is 18.9 Å². The zero-order valence-corrected chi connectivity index (χ0v) is 19.0. The van der Waals surface area contributed by atoms with Crippen LogP contribution < -0.4 is 20.1 Å². The quantitative estimate of drug-likeness (QED) is 0.504. The monoisotopic (exact) mass is 486 g/mol. The Bertz CT molecular complexity index is 1030. The highest BCUT2D eigenvalue weighted by Crippen LogP contribution is 2.37. The van der Waals surface area contributed by atoms with Gasteiger partial charge in [0.15, 0.2) is 11.8 Å². The molecular formula is C20H27FN4O7S. The van der Waals surface area contributed by atoms with E-state index in [-0.39, 0.29) is 31.2 Å². The predicted molar refractivity (Wildman–Crippen MR) is 114 cm³/mol. The van der Waals surface area contributed by atoms with Crippen LogP contribution >= 0.6 is 0 Å². The summed E-state index contributed by atoms with van der Waals surface area (Å²) in [5.74, 6) is -3.74. The second-order valence-corrected chi connectivity index (χ2v) is 9.43. The van der Waals surface area contributed by atoms with Crippen molar-refractivity contribution in [1.82, 2.24) is 9.62 Å². The molecule has 0 radical (unpaired) electrons. The largest absolute Gasteiger partial charge is 0.493 e. The predicted octanol–water partition coefficient (Wildman–Crippen LogP) is -0.268. The number of primary amides is 1. The molecule has 0 saturated carbocycles. The Balaban J connectivity index is 1.97. The number of rotatable bonds is 7. The zero-order valence-electron chi connectivity index (χ0n) is 18.2. The van der Waals surface area contributed by atoms with Crippen molar-refractivity contribution in [2.24, 2.45) is 5.73 Å². The molecule has 11 nitrogen and oxygen atoms in total. The number of nitrogens with two attached hydrogens (primary N) is 1. The maximum atomic E-state index is 14.5. The first-order valence-corrected chi connectivity index (χ1v) is 12.0. The third kappa shape index (κ3) is 5.60. The van der Waals surface area contributed by atoms with E-state index in [0.29, 0.717) is 19.2 Å². The number of methoxy groups -OCH3 is 1. The minimum Gasteiger partial charge on any atom is -0.493 e. The van der Waals surface area contributed by atoms with Gasteiger partial charge in [0.2, 0.25) is 21.8 Å². The van der Waals surface area contributed by atoms with Gasteiger partial charge in [0.1, 0.15) is 17.3 Å². The number of nitrogens with one attached hydrogen (secondary N) is 1. The van der Waals surface area contributed by atoms with Crippen LogP contribution in [-0.4, -0.2) is 77.0 Å². The van der Waals surface area contributed by atoms with Crippen molar-refractivity contribution in [2.75, 3.05) is 44.9 Å². The number of halogens is 1. The molecule has 33 heavy (non-hydrogen) atoms. The summed E-state index contributed by atoms with van der Waals surface area (Å²) in [6.07, 6.45) is 3.28. The van der Waals surface area contributed by atoms with E-state index in [9.17, 15) is 27.2 Å². The lowest BCUT2D eigenvalue weighted by Crippen LogP contribution is -2.55. The SMILES string of the molecule is COc1c(N2CCOCC2=O)cc(F)cc1S(=O)(=O)N[C@@H](C(N)=O)C(=O)N1CCCCCC1. The molecule has 3 amide bonds. The second kappa shape index (κ2) is 10.4. The van der Waals surface area contributed by atoms with Crippen molar-refractivity contribution in [3.8, 4) is 5.75 Å². The normalized spacial score (nSPS) is 18.5. The first-order chi connectivity index (χ1) is 15.7. The average Bonchev–Trinajstić information content (AvgIpc) is 3.06. The molecule has 0 aromatic heterocycles. The number of hydrogen-bond donors (Lipinski definition) is 2. The van der Waals surface area contributed by atoms with E-state index in [0.717, 1.165) is 43.8 Å². The standard InChI is InChI=1S/C20H27FN4O7S/c1-31-18-14(25-8-9-32-12-16(25)26)10-13(21)11-15(18)33(29,30)23-17(19(22)27)20(28)24-6-4-2-3-5-7-24/h10-11,17,23H,2-9,12H2,1H3,(H2,22,27)/t17-/m0/s1. The van der Waals surface area contributed by atoms with Gasteiger partial charge in [-0.2, -0.15) is 4.72 Å². The molecule has 0 unspecified atom stereocenters. The van der Waals surface area contributed by atoms with Gasteiger partial charge in [-0.25, -0.2) is 12.8 Å². The molecule has 1 atom stereocenters. The van der Waals surface area contributed by atoms with Crippen LogP contribution in [-0.2, 0) is 29.1 Å². The summed E-state index contributed by atoms with van der Waals surface area (Å²) < 4.78 is 53.1. The minimum absolute atomic E-state index is 0.0585. The van der Waals surface area contributed by atoms with Crippen molar-refractivity contribution in [3.63, 3.8) is 0 Å². The van der Waals surface area contributed by atoms with E-state index in [4.69, 9.17) is 15.2 Å². The molecular weight excluding hydrogens is 459 g/mol. The summed E-state index contributed by atoms with van der Waals surface area (Å²) in [6.45, 7) is 0.713. The molecule has 3 rings (SSSR count). The molecule has 1 aromatic carbocycles. The molecule has 2 fully saturated rings. The third-order valence-corrected chi connectivity index (χ3v) is 6.92. The van der Waals surface area contributed by atoms with Crippen LogP contribution in [0.25, 0.3) is 0 Å². The lowest BCUT2D eigenvalue weighted by Gasteiger charge is -2.29. The van der Waals surface area contributed by atoms with Crippen molar-refractivity contribution in [2.45, 2.75) is 36.6 Å². The molecule has 3 N–H and O–H groups in total. The number of benzene rings is 1. The van der Waals surface area contributed by atoms with Crippen LogP contribution in [0, 0.1) is 5.82 Å². The summed E-state index contributed by atoms with van der Waals surface area (Å²) in [4.78, 5) is 39.1. The van der Waals surface area contributed by atoms with Crippen molar-refractivity contribution in [1.29, 1.82) is 0 Å². The highest BCUT2D eigenvalue weighted by Gasteiger charge is 2.36. The fraction of sp³-hybridized carbons (Fsp3) is 0.550. The zero-order chi connectivity index (χ0) is 24.2. The van der Waals surface area contributed by atoms with E-state index in [1.54, 1.807) is 0 Å². The Labute approximate surface area is 191 Å². The Morgan fingerprint density at radius 1 is 1.18 bits per heavy atom. The third-order valence-electron chi connectivity index (χ3n) is 5.49. The van der Waals surface area contributed by atoms with Gasteiger partial charge in [-0.3, -0.25) is 14.4 Å². The number of nitrogens with zero attached hydrogens (tertiary/aromatic N) is 2. The highest BCUT2D eigenvalue weighted by atomic mass is 32.2. The molecule has 2 saturated heterocycles. The number of sulfonamides is 1. The molecule has 13 heteroatoms. The van der Waals surface area contributed by atoms with Gasteiger partial charge in [0.25, 0.3) is 5.91 Å². The maximum Gasteiger partial charge on any atom is 0.253 e. The van der Waals surface area contributed by atoms with E-state index >= 15 is 0 Å². The van der Waals surface area contributed by atoms with Crippen LogP contribution in [0.2, 0.25) is 0 Å². The van der Waals surface area contributed by atoms with Crippen molar-refractivity contribution < 1.29 is 36.7 Å². The highest BCUT2D eigenvalue weighted by molar-refractivity contribution is 7.89. The first-order valence-electron chi connectivity index (χ1n) is 10.5. The summed E-state index contributed by atoms with van der Waals surface area (Å²) >= 11 is 0. The Morgan fingerprint density at radius 2 is 1.85 bits per heavy atom. The van der Waals surface area contributed by atoms with E-state index in [1.807, 2.05) is 4.72 Å². The molecule has 1 aromatic rings. The summed E-state index contributed by atoms with van der Waals surface area (Å²) in [5.41, 5.74) is 5.24. The van der Waals surface area contributed by atoms with Gasteiger partial charge >= 0.3 is 0 Å². The fourth-order valence-corrected chi connectivity index (χ4v) is 5.21. The average molecular weight is 487 g/mol. The summed E-state index contributed by atoms with van der Waals surface area (Å²) in [5, 5.41) is 0. The van der Waals surface area contributed by atoms with Crippen molar-refractivity contribution >= 4 is 33.4 Å². The number of carbonyl (C=O) groups excluding carboxylic acids is 3. The lowest BCUT2D eigenvalue weighted by atomic mass is 10.2. The van der Waals surface area contributed by atoms with Gasteiger partial charge < -0.3 is 25.0 Å². The molecule has 2 aliphatic heterocycles. The Kier molecular flexibility index (Phi) is 7.87. The first kappa shape index (κ1) is 24.9. The van der Waals surface area contributed by atoms with Gasteiger partial charge in [-0.1, -0.05) is 12.8 Å². The summed E-state index contributed by atoms with van der Waals surface area (Å²) in [6, 6.07) is -0.228. The van der Waals surface area contributed by atoms with Crippen LogP contribution in [0.3, 0.4) is 0 Å².